The number of amides is 2. The fourth-order valence-electron chi connectivity index (χ4n) is 3.18. The molecule has 0 radical (unpaired) electrons. The van der Waals surface area contributed by atoms with Crippen molar-refractivity contribution in [1.82, 2.24) is 20.1 Å². The van der Waals surface area contributed by atoms with Crippen molar-refractivity contribution < 1.29 is 14.0 Å². The van der Waals surface area contributed by atoms with Crippen molar-refractivity contribution in [2.24, 2.45) is 0 Å². The molecule has 29 heavy (non-hydrogen) atoms. The van der Waals surface area contributed by atoms with Crippen LogP contribution in [0.2, 0.25) is 0 Å². The van der Waals surface area contributed by atoms with E-state index in [0.717, 1.165) is 36.8 Å². The summed E-state index contributed by atoms with van der Waals surface area (Å²) >= 11 is 4.93. The number of benzene rings is 1. The van der Waals surface area contributed by atoms with E-state index in [1.165, 1.54) is 18.2 Å². The van der Waals surface area contributed by atoms with Crippen molar-refractivity contribution in [2.75, 3.05) is 32.7 Å². The third kappa shape index (κ3) is 6.07. The average molecular weight is 483 g/mol. The molecule has 0 spiro atoms. The van der Waals surface area contributed by atoms with E-state index in [2.05, 4.69) is 43.4 Å². The zero-order valence-electron chi connectivity index (χ0n) is 16.3. The molecule has 0 saturated carbocycles. The first-order valence-electron chi connectivity index (χ1n) is 9.63. The summed E-state index contributed by atoms with van der Waals surface area (Å²) in [6, 6.07) is 3.94. The Balaban J connectivity index is 1.39. The number of carbonyl (C=O) groups is 2. The van der Waals surface area contributed by atoms with Gasteiger partial charge in [0.1, 0.15) is 5.82 Å². The molecule has 3 rings (SSSR count). The zero-order valence-corrected chi connectivity index (χ0v) is 18.7. The summed E-state index contributed by atoms with van der Waals surface area (Å²) < 4.78 is 13.8. The Labute approximate surface area is 182 Å². The zero-order chi connectivity index (χ0) is 20.8. The summed E-state index contributed by atoms with van der Waals surface area (Å²) in [5, 5.41) is 5.95. The van der Waals surface area contributed by atoms with E-state index in [-0.39, 0.29) is 24.4 Å². The first-order valence-corrected chi connectivity index (χ1v) is 11.3. The molecule has 1 fully saturated rings. The molecule has 2 aromatic rings. The Kier molecular flexibility index (Phi) is 7.74. The monoisotopic (exact) mass is 482 g/mol. The Hall–Kier alpha value is -1.84. The van der Waals surface area contributed by atoms with Gasteiger partial charge in [-0.05, 0) is 40.5 Å². The Morgan fingerprint density at radius 2 is 2.03 bits per heavy atom. The van der Waals surface area contributed by atoms with Crippen LogP contribution in [0.15, 0.2) is 28.1 Å². The molecule has 1 saturated heterocycles. The van der Waals surface area contributed by atoms with Crippen LogP contribution in [-0.4, -0.2) is 59.3 Å². The molecular weight excluding hydrogens is 459 g/mol. The number of piperazine rings is 1. The van der Waals surface area contributed by atoms with E-state index >= 15 is 0 Å². The van der Waals surface area contributed by atoms with Crippen molar-refractivity contribution in [3.05, 3.63) is 50.1 Å². The highest BCUT2D eigenvalue weighted by Gasteiger charge is 2.21. The van der Waals surface area contributed by atoms with Crippen molar-refractivity contribution >= 4 is 39.1 Å². The second-order valence-electron chi connectivity index (χ2n) is 6.87. The number of hydrogen-bond donors (Lipinski definition) is 1. The van der Waals surface area contributed by atoms with Crippen molar-refractivity contribution in [3.8, 4) is 0 Å². The maximum absolute atomic E-state index is 13.3. The molecule has 2 amide bonds. The van der Waals surface area contributed by atoms with Gasteiger partial charge in [0.2, 0.25) is 5.91 Å². The average Bonchev–Trinajstić information content (AvgIpc) is 3.17. The predicted octanol–water partition coefficient (Wildman–Crippen LogP) is 3.07. The molecule has 0 atom stereocenters. The third-order valence-electron chi connectivity index (χ3n) is 4.81. The highest BCUT2D eigenvalue weighted by molar-refractivity contribution is 9.10. The maximum Gasteiger partial charge on any atom is 0.252 e. The number of hydrogen-bond acceptors (Lipinski definition) is 5. The van der Waals surface area contributed by atoms with Crippen LogP contribution in [0, 0.1) is 5.82 Å². The highest BCUT2D eigenvalue weighted by atomic mass is 79.9. The molecule has 1 N–H and O–H groups in total. The first-order chi connectivity index (χ1) is 14.0. The third-order valence-corrected chi connectivity index (χ3v) is 6.54. The summed E-state index contributed by atoms with van der Waals surface area (Å²) in [4.78, 5) is 33.3. The second kappa shape index (κ2) is 10.3. The lowest BCUT2D eigenvalue weighted by molar-refractivity contribution is -0.132. The number of rotatable bonds is 7. The minimum atomic E-state index is -0.476. The number of aryl methyl sites for hydroxylation is 1. The minimum Gasteiger partial charge on any atom is -0.351 e. The Morgan fingerprint density at radius 1 is 1.28 bits per heavy atom. The topological polar surface area (TPSA) is 65.5 Å². The largest absolute Gasteiger partial charge is 0.351 e. The summed E-state index contributed by atoms with van der Waals surface area (Å²) in [5.74, 6) is -0.857. The van der Waals surface area contributed by atoms with Crippen molar-refractivity contribution in [2.45, 2.75) is 26.3 Å². The van der Waals surface area contributed by atoms with Crippen LogP contribution >= 0.6 is 27.3 Å². The van der Waals surface area contributed by atoms with Gasteiger partial charge < -0.3 is 10.2 Å². The fraction of sp³-hybridized carbons (Fsp3) is 0.450. The number of halogens is 2. The van der Waals surface area contributed by atoms with E-state index in [0.29, 0.717) is 17.6 Å². The molecule has 1 aliphatic heterocycles. The van der Waals surface area contributed by atoms with E-state index in [1.807, 2.05) is 4.90 Å². The van der Waals surface area contributed by atoms with Crippen LogP contribution in [0.5, 0.6) is 0 Å². The summed E-state index contributed by atoms with van der Waals surface area (Å²) in [6.45, 7) is 6.11. The van der Waals surface area contributed by atoms with Crippen molar-refractivity contribution in [3.63, 3.8) is 0 Å². The van der Waals surface area contributed by atoms with Gasteiger partial charge in [-0.3, -0.25) is 14.5 Å². The first kappa shape index (κ1) is 21.9. The van der Waals surface area contributed by atoms with Gasteiger partial charge in [-0.25, -0.2) is 9.37 Å². The standard InChI is InChI=1S/C20H24BrFN4O2S/c1-2-18-24-15(13-29-18)12-25-7-9-26(10-8-25)19(27)5-6-23-20(28)16-11-14(22)3-4-17(16)21/h3-4,11,13H,2,5-10,12H2,1H3,(H,23,28). The van der Waals surface area contributed by atoms with Gasteiger partial charge in [-0.1, -0.05) is 6.92 Å². The Bertz CT molecular complexity index is 868. The van der Waals surface area contributed by atoms with Gasteiger partial charge in [0, 0.05) is 55.5 Å². The van der Waals surface area contributed by atoms with Gasteiger partial charge in [0.15, 0.2) is 0 Å². The fourth-order valence-corrected chi connectivity index (χ4v) is 4.34. The molecule has 1 aromatic carbocycles. The minimum absolute atomic E-state index is 0.0187. The number of nitrogens with zero attached hydrogens (tertiary/aromatic N) is 3. The second-order valence-corrected chi connectivity index (χ2v) is 8.67. The number of carbonyl (C=O) groups excluding carboxylic acids is 2. The lowest BCUT2D eigenvalue weighted by Crippen LogP contribution is -2.48. The van der Waals surface area contributed by atoms with E-state index in [4.69, 9.17) is 0 Å². The van der Waals surface area contributed by atoms with Crippen LogP contribution in [0.1, 0.15) is 34.4 Å². The summed E-state index contributed by atoms with van der Waals surface area (Å²) in [6.07, 6.45) is 1.18. The van der Waals surface area contributed by atoms with Gasteiger partial charge in [-0.2, -0.15) is 0 Å². The van der Waals surface area contributed by atoms with Gasteiger partial charge in [0.25, 0.3) is 5.91 Å². The quantitative estimate of drug-likeness (QED) is 0.658. The lowest BCUT2D eigenvalue weighted by Gasteiger charge is -2.34. The van der Waals surface area contributed by atoms with Gasteiger partial charge in [0.05, 0.1) is 16.3 Å². The molecule has 1 aromatic heterocycles. The molecular formula is C20H24BrFN4O2S. The van der Waals surface area contributed by atoms with E-state index < -0.39 is 11.7 Å². The maximum atomic E-state index is 13.3. The number of thiazole rings is 1. The summed E-state index contributed by atoms with van der Waals surface area (Å²) in [5.41, 5.74) is 1.32. The molecule has 9 heteroatoms. The van der Waals surface area contributed by atoms with Crippen LogP contribution in [0.4, 0.5) is 4.39 Å². The van der Waals surface area contributed by atoms with Gasteiger partial charge >= 0.3 is 0 Å². The number of aromatic nitrogens is 1. The molecule has 0 bridgehead atoms. The van der Waals surface area contributed by atoms with Crippen LogP contribution < -0.4 is 5.32 Å². The number of nitrogens with one attached hydrogen (secondary N) is 1. The SMILES string of the molecule is CCc1nc(CN2CCN(C(=O)CCNC(=O)c3cc(F)ccc3Br)CC2)cs1. The molecule has 156 valence electrons. The predicted molar refractivity (Wildman–Crippen MR) is 114 cm³/mol. The smallest absolute Gasteiger partial charge is 0.252 e. The molecule has 2 heterocycles. The van der Waals surface area contributed by atoms with Crippen molar-refractivity contribution in [1.29, 1.82) is 0 Å². The lowest BCUT2D eigenvalue weighted by atomic mass is 10.2. The van der Waals surface area contributed by atoms with E-state index in [9.17, 15) is 14.0 Å². The molecule has 0 aliphatic carbocycles. The molecule has 6 nitrogen and oxygen atoms in total. The van der Waals surface area contributed by atoms with Gasteiger partial charge in [-0.15, -0.1) is 11.3 Å². The van der Waals surface area contributed by atoms with Crippen LogP contribution in [0.3, 0.4) is 0 Å². The normalized spacial score (nSPS) is 14.8. The van der Waals surface area contributed by atoms with Crippen LogP contribution in [0.25, 0.3) is 0 Å². The highest BCUT2D eigenvalue weighted by Crippen LogP contribution is 2.18. The Morgan fingerprint density at radius 3 is 2.72 bits per heavy atom. The molecule has 1 aliphatic rings. The summed E-state index contributed by atoms with van der Waals surface area (Å²) in [7, 11) is 0. The van der Waals surface area contributed by atoms with Crippen LogP contribution in [-0.2, 0) is 17.8 Å². The molecule has 0 unspecified atom stereocenters. The van der Waals surface area contributed by atoms with E-state index in [1.54, 1.807) is 11.3 Å².